The van der Waals surface area contributed by atoms with Crippen molar-refractivity contribution < 1.29 is 24.0 Å². The molecule has 7 heteroatoms. The first-order valence-corrected chi connectivity index (χ1v) is 7.01. The highest BCUT2D eigenvalue weighted by Gasteiger charge is 2.38. The quantitative estimate of drug-likeness (QED) is 0.805. The van der Waals surface area contributed by atoms with Gasteiger partial charge in [0.25, 0.3) is 11.8 Å². The average Bonchev–Trinajstić information content (AvgIpc) is 2.80. The van der Waals surface area contributed by atoms with Crippen LogP contribution in [-0.4, -0.2) is 29.5 Å². The topological polar surface area (TPSA) is 72.9 Å². The van der Waals surface area contributed by atoms with Crippen molar-refractivity contribution in [3.8, 4) is 5.75 Å². The first-order valence-electron chi connectivity index (χ1n) is 6.64. The van der Waals surface area contributed by atoms with Crippen LogP contribution >= 0.6 is 11.6 Å². The lowest BCUT2D eigenvalue weighted by Crippen LogP contribution is -2.34. The number of carbonyl (C=O) groups is 3. The van der Waals surface area contributed by atoms with Gasteiger partial charge in [0, 0.05) is 0 Å². The van der Waals surface area contributed by atoms with Crippen LogP contribution < -0.4 is 4.74 Å². The fourth-order valence-corrected chi connectivity index (χ4v) is 2.27. The van der Waals surface area contributed by atoms with Gasteiger partial charge in [-0.1, -0.05) is 40.9 Å². The normalized spacial score (nSPS) is 13.0. The number of hydrogen-bond acceptors (Lipinski definition) is 5. The third kappa shape index (κ3) is 2.89. The highest BCUT2D eigenvalue weighted by atomic mass is 35.5. The Morgan fingerprint density at radius 2 is 1.52 bits per heavy atom. The SMILES string of the molecule is O=C(COc1ccccc1Cl)ON1C(=O)c2ccccc2C1=O. The number of imide groups is 1. The van der Waals surface area contributed by atoms with Gasteiger partial charge in [-0.15, -0.1) is 0 Å². The molecule has 0 unspecified atom stereocenters. The molecule has 1 aliphatic heterocycles. The summed E-state index contributed by atoms with van der Waals surface area (Å²) in [7, 11) is 0. The van der Waals surface area contributed by atoms with Crippen LogP contribution in [0.1, 0.15) is 20.7 Å². The number of carbonyl (C=O) groups excluding carboxylic acids is 3. The molecule has 2 amide bonds. The monoisotopic (exact) mass is 331 g/mol. The highest BCUT2D eigenvalue weighted by Crippen LogP contribution is 2.24. The maximum Gasteiger partial charge on any atom is 0.370 e. The van der Waals surface area contributed by atoms with Crippen LogP contribution in [0.4, 0.5) is 0 Å². The zero-order valence-electron chi connectivity index (χ0n) is 11.7. The molecule has 0 saturated carbocycles. The third-order valence-corrected chi connectivity index (χ3v) is 3.44. The summed E-state index contributed by atoms with van der Waals surface area (Å²) in [5, 5.41) is 0.768. The van der Waals surface area contributed by atoms with E-state index < -0.39 is 24.4 Å². The van der Waals surface area contributed by atoms with Crippen molar-refractivity contribution in [3.05, 3.63) is 64.7 Å². The van der Waals surface area contributed by atoms with Crippen molar-refractivity contribution in [1.29, 1.82) is 0 Å². The summed E-state index contributed by atoms with van der Waals surface area (Å²) in [6.45, 7) is -0.489. The summed E-state index contributed by atoms with van der Waals surface area (Å²) < 4.78 is 5.20. The fourth-order valence-electron chi connectivity index (χ4n) is 2.08. The standard InChI is InChI=1S/C16H10ClNO5/c17-12-7-3-4-8-13(12)22-9-14(19)23-18-15(20)10-5-1-2-6-11(10)16(18)21/h1-8H,9H2. The molecule has 2 aromatic rings. The van der Waals surface area contributed by atoms with Gasteiger partial charge in [-0.2, -0.15) is 0 Å². The molecule has 0 aliphatic carbocycles. The van der Waals surface area contributed by atoms with E-state index in [4.69, 9.17) is 21.2 Å². The van der Waals surface area contributed by atoms with E-state index in [-0.39, 0.29) is 11.1 Å². The van der Waals surface area contributed by atoms with E-state index in [1.54, 1.807) is 36.4 Å². The van der Waals surface area contributed by atoms with Crippen molar-refractivity contribution in [2.24, 2.45) is 0 Å². The molecule has 0 aromatic heterocycles. The zero-order chi connectivity index (χ0) is 16.4. The molecule has 0 bridgehead atoms. The van der Waals surface area contributed by atoms with Gasteiger partial charge in [0.15, 0.2) is 6.61 Å². The molecule has 1 heterocycles. The number of ether oxygens (including phenoxy) is 1. The Morgan fingerprint density at radius 3 is 2.13 bits per heavy atom. The summed E-state index contributed by atoms with van der Waals surface area (Å²) in [5.41, 5.74) is 0.384. The number of benzene rings is 2. The minimum Gasteiger partial charge on any atom is -0.480 e. The van der Waals surface area contributed by atoms with Gasteiger partial charge in [0.05, 0.1) is 16.1 Å². The maximum atomic E-state index is 12.0. The molecule has 23 heavy (non-hydrogen) atoms. The summed E-state index contributed by atoms with van der Waals surface area (Å²) in [5.74, 6) is -1.96. The van der Waals surface area contributed by atoms with E-state index in [9.17, 15) is 14.4 Å². The van der Waals surface area contributed by atoms with Crippen molar-refractivity contribution in [2.45, 2.75) is 0 Å². The Kier molecular flexibility index (Phi) is 3.99. The lowest BCUT2D eigenvalue weighted by Gasteiger charge is -2.13. The molecule has 2 aromatic carbocycles. The summed E-state index contributed by atoms with van der Waals surface area (Å²) in [6, 6.07) is 12.8. The molecular weight excluding hydrogens is 322 g/mol. The summed E-state index contributed by atoms with van der Waals surface area (Å²) in [4.78, 5) is 40.7. The predicted molar refractivity (Wildman–Crippen MR) is 80.0 cm³/mol. The van der Waals surface area contributed by atoms with Crippen LogP contribution in [0.15, 0.2) is 48.5 Å². The predicted octanol–water partition coefficient (Wildman–Crippen LogP) is 2.47. The first-order chi connectivity index (χ1) is 11.1. The van der Waals surface area contributed by atoms with Crippen LogP contribution in [0.5, 0.6) is 5.75 Å². The number of amides is 2. The second-order valence-corrected chi connectivity index (χ2v) is 5.04. The minimum absolute atomic E-state index is 0.192. The zero-order valence-corrected chi connectivity index (χ0v) is 12.4. The third-order valence-electron chi connectivity index (χ3n) is 3.13. The Morgan fingerprint density at radius 1 is 0.957 bits per heavy atom. The Bertz CT molecular complexity index is 770. The van der Waals surface area contributed by atoms with Crippen LogP contribution in [0.3, 0.4) is 0 Å². The molecule has 3 rings (SSSR count). The van der Waals surface area contributed by atoms with Crippen LogP contribution in [0.2, 0.25) is 5.02 Å². The second-order valence-electron chi connectivity index (χ2n) is 4.63. The van der Waals surface area contributed by atoms with E-state index in [0.717, 1.165) is 0 Å². The molecular formula is C16H10ClNO5. The van der Waals surface area contributed by atoms with Gasteiger partial charge in [0.1, 0.15) is 5.75 Å². The fraction of sp³-hybridized carbons (Fsp3) is 0.0625. The molecule has 0 atom stereocenters. The number of halogens is 1. The number of nitrogens with zero attached hydrogens (tertiary/aromatic N) is 1. The van der Waals surface area contributed by atoms with Crippen molar-refractivity contribution in [1.82, 2.24) is 5.06 Å². The van der Waals surface area contributed by atoms with E-state index in [2.05, 4.69) is 0 Å². The number of rotatable bonds is 4. The van der Waals surface area contributed by atoms with Gasteiger partial charge < -0.3 is 9.57 Å². The maximum absolute atomic E-state index is 12.0. The molecule has 0 saturated heterocycles. The van der Waals surface area contributed by atoms with Gasteiger partial charge in [-0.05, 0) is 24.3 Å². The number of para-hydroxylation sites is 1. The summed E-state index contributed by atoms with van der Waals surface area (Å²) in [6.07, 6.45) is 0. The Labute approximate surface area is 136 Å². The van der Waals surface area contributed by atoms with E-state index >= 15 is 0 Å². The average molecular weight is 332 g/mol. The molecule has 6 nitrogen and oxygen atoms in total. The summed E-state index contributed by atoms with van der Waals surface area (Å²) >= 11 is 5.89. The van der Waals surface area contributed by atoms with Crippen molar-refractivity contribution in [3.63, 3.8) is 0 Å². The Balaban J connectivity index is 1.64. The van der Waals surface area contributed by atoms with Gasteiger partial charge in [-0.3, -0.25) is 9.59 Å². The van der Waals surface area contributed by atoms with E-state index in [1.807, 2.05) is 0 Å². The van der Waals surface area contributed by atoms with Gasteiger partial charge >= 0.3 is 5.97 Å². The first kappa shape index (κ1) is 15.1. The lowest BCUT2D eigenvalue weighted by atomic mass is 10.1. The van der Waals surface area contributed by atoms with Crippen molar-refractivity contribution in [2.75, 3.05) is 6.61 Å². The van der Waals surface area contributed by atoms with Crippen LogP contribution in [-0.2, 0) is 9.63 Å². The van der Waals surface area contributed by atoms with Crippen molar-refractivity contribution >= 4 is 29.4 Å². The van der Waals surface area contributed by atoms with Crippen LogP contribution in [0.25, 0.3) is 0 Å². The van der Waals surface area contributed by atoms with Gasteiger partial charge in [0.2, 0.25) is 0 Å². The molecule has 0 spiro atoms. The molecule has 0 radical (unpaired) electrons. The molecule has 116 valence electrons. The molecule has 0 N–H and O–H groups in total. The molecule has 1 aliphatic rings. The number of fused-ring (bicyclic) bond motifs is 1. The largest absolute Gasteiger partial charge is 0.480 e. The van der Waals surface area contributed by atoms with E-state index in [0.29, 0.717) is 15.8 Å². The smallest absolute Gasteiger partial charge is 0.370 e. The number of hydroxylamine groups is 2. The van der Waals surface area contributed by atoms with Crippen LogP contribution in [0, 0.1) is 0 Å². The highest BCUT2D eigenvalue weighted by molar-refractivity contribution is 6.32. The minimum atomic E-state index is -0.889. The van der Waals surface area contributed by atoms with Gasteiger partial charge in [-0.25, -0.2) is 4.79 Å². The second kappa shape index (κ2) is 6.10. The Hall–Kier alpha value is -2.86. The molecule has 0 fully saturated rings. The number of hydrogen-bond donors (Lipinski definition) is 0. The lowest BCUT2D eigenvalue weighted by molar-refractivity contribution is -0.170. The van der Waals surface area contributed by atoms with E-state index in [1.165, 1.54) is 12.1 Å².